The zero-order chi connectivity index (χ0) is 7.40. The number of nitrogens with two attached hydrogens (primary N) is 1. The first-order valence-corrected chi connectivity index (χ1v) is 4.25. The molecule has 0 aliphatic carbocycles. The molecule has 0 atom stereocenters. The molecule has 0 saturated carbocycles. The third-order valence-corrected chi connectivity index (χ3v) is 2.32. The van der Waals surface area contributed by atoms with Gasteiger partial charge in [0.1, 0.15) is 0 Å². The Morgan fingerprint density at radius 2 is 1.75 bits per heavy atom. The number of hydrogen-bond acceptors (Lipinski definition) is 2. The van der Waals surface area contributed by atoms with Gasteiger partial charge in [-0.15, -0.1) is 24.8 Å². The number of nitrogens with zero attached hydrogens (tertiary/aromatic N) is 1. The topological polar surface area (TPSA) is 29.3 Å². The molecular formula is C8H20Cl2N2. The smallest absolute Gasteiger partial charge is 0.0105 e. The Hall–Kier alpha value is 0.500. The van der Waals surface area contributed by atoms with Crippen LogP contribution in [-0.4, -0.2) is 31.1 Å². The lowest BCUT2D eigenvalue weighted by Gasteiger charge is -2.29. The van der Waals surface area contributed by atoms with Crippen molar-refractivity contribution >= 4 is 24.8 Å². The van der Waals surface area contributed by atoms with E-state index in [1.54, 1.807) is 0 Å². The molecule has 12 heavy (non-hydrogen) atoms. The van der Waals surface area contributed by atoms with E-state index >= 15 is 0 Å². The molecule has 1 heterocycles. The van der Waals surface area contributed by atoms with Crippen LogP contribution in [0.3, 0.4) is 0 Å². The van der Waals surface area contributed by atoms with Crippen molar-refractivity contribution in [3.05, 3.63) is 0 Å². The summed E-state index contributed by atoms with van der Waals surface area (Å²) in [5, 5.41) is 0. The largest absolute Gasteiger partial charge is 0.329 e. The van der Waals surface area contributed by atoms with E-state index < -0.39 is 0 Å². The van der Waals surface area contributed by atoms with Gasteiger partial charge >= 0.3 is 0 Å². The minimum absolute atomic E-state index is 0. The molecule has 1 rings (SSSR count). The van der Waals surface area contributed by atoms with E-state index in [9.17, 15) is 0 Å². The quantitative estimate of drug-likeness (QED) is 0.756. The zero-order valence-corrected chi connectivity index (χ0v) is 9.29. The minimum atomic E-state index is 0. The van der Waals surface area contributed by atoms with Crippen molar-refractivity contribution in [1.29, 1.82) is 0 Å². The third-order valence-electron chi connectivity index (χ3n) is 2.32. The van der Waals surface area contributed by atoms with E-state index in [4.69, 9.17) is 5.73 Å². The molecule has 4 heteroatoms. The van der Waals surface area contributed by atoms with Crippen LogP contribution in [0.25, 0.3) is 0 Å². The van der Waals surface area contributed by atoms with Crippen LogP contribution in [0, 0.1) is 5.92 Å². The van der Waals surface area contributed by atoms with Crippen LogP contribution in [0.15, 0.2) is 0 Å². The Morgan fingerprint density at radius 3 is 2.17 bits per heavy atom. The lowest BCUT2D eigenvalue weighted by Crippen LogP contribution is -2.36. The molecule has 0 aromatic rings. The highest BCUT2D eigenvalue weighted by atomic mass is 35.5. The fraction of sp³-hybridized carbons (Fsp3) is 1.00. The van der Waals surface area contributed by atoms with Gasteiger partial charge in [-0.05, 0) is 31.8 Å². The summed E-state index contributed by atoms with van der Waals surface area (Å²) in [6.45, 7) is 6.76. The zero-order valence-electron chi connectivity index (χ0n) is 7.66. The Balaban J connectivity index is 0. The summed E-state index contributed by atoms with van der Waals surface area (Å²) in [7, 11) is 0. The summed E-state index contributed by atoms with van der Waals surface area (Å²) < 4.78 is 0. The molecule has 0 radical (unpaired) electrons. The minimum Gasteiger partial charge on any atom is -0.329 e. The van der Waals surface area contributed by atoms with Crippen molar-refractivity contribution in [3.63, 3.8) is 0 Å². The van der Waals surface area contributed by atoms with E-state index in [2.05, 4.69) is 11.8 Å². The molecule has 0 aromatic heterocycles. The van der Waals surface area contributed by atoms with Gasteiger partial charge in [-0.25, -0.2) is 0 Å². The first-order valence-electron chi connectivity index (χ1n) is 4.25. The van der Waals surface area contributed by atoms with E-state index in [0.29, 0.717) is 0 Å². The molecule has 0 unspecified atom stereocenters. The second kappa shape index (κ2) is 8.11. The van der Waals surface area contributed by atoms with Gasteiger partial charge in [0.2, 0.25) is 0 Å². The fourth-order valence-corrected chi connectivity index (χ4v) is 1.47. The summed E-state index contributed by atoms with van der Waals surface area (Å²) >= 11 is 0. The van der Waals surface area contributed by atoms with Crippen LogP contribution in [0.2, 0.25) is 0 Å². The van der Waals surface area contributed by atoms with Gasteiger partial charge in [-0.3, -0.25) is 0 Å². The van der Waals surface area contributed by atoms with Crippen LogP contribution in [-0.2, 0) is 0 Å². The van der Waals surface area contributed by atoms with E-state index in [0.717, 1.165) is 19.0 Å². The highest BCUT2D eigenvalue weighted by Gasteiger charge is 2.13. The fourth-order valence-electron chi connectivity index (χ4n) is 1.47. The van der Waals surface area contributed by atoms with Gasteiger partial charge < -0.3 is 10.6 Å². The van der Waals surface area contributed by atoms with Crippen molar-refractivity contribution in [2.75, 3.05) is 26.2 Å². The van der Waals surface area contributed by atoms with Crippen LogP contribution in [0.4, 0.5) is 0 Å². The summed E-state index contributed by atoms with van der Waals surface area (Å²) in [5.41, 5.74) is 5.45. The number of rotatable bonds is 2. The van der Waals surface area contributed by atoms with Crippen molar-refractivity contribution < 1.29 is 0 Å². The number of piperidine rings is 1. The van der Waals surface area contributed by atoms with Crippen LogP contribution >= 0.6 is 24.8 Å². The van der Waals surface area contributed by atoms with E-state index in [1.165, 1.54) is 25.9 Å². The van der Waals surface area contributed by atoms with Crippen LogP contribution in [0.1, 0.15) is 19.8 Å². The maximum absolute atomic E-state index is 5.45. The molecule has 0 spiro atoms. The van der Waals surface area contributed by atoms with Gasteiger partial charge in [0.15, 0.2) is 0 Å². The number of likely N-dealkylation sites (tertiary alicyclic amines) is 1. The molecule has 1 aliphatic rings. The molecule has 2 nitrogen and oxygen atoms in total. The van der Waals surface area contributed by atoms with Crippen molar-refractivity contribution in [2.45, 2.75) is 19.8 Å². The molecule has 1 aliphatic heterocycles. The van der Waals surface area contributed by atoms with Crippen LogP contribution in [0.5, 0.6) is 0 Å². The van der Waals surface area contributed by atoms with Gasteiger partial charge in [0, 0.05) is 13.1 Å². The van der Waals surface area contributed by atoms with Crippen LogP contribution < -0.4 is 5.73 Å². The molecule has 1 saturated heterocycles. The first kappa shape index (κ1) is 15.0. The summed E-state index contributed by atoms with van der Waals surface area (Å²) in [6.07, 6.45) is 2.72. The summed E-state index contributed by atoms with van der Waals surface area (Å²) in [5.74, 6) is 0.939. The van der Waals surface area contributed by atoms with Gasteiger partial charge in [-0.2, -0.15) is 0 Å². The van der Waals surface area contributed by atoms with E-state index in [-0.39, 0.29) is 24.8 Å². The standard InChI is InChI=1S/C8H18N2.2ClH/c1-8-2-5-10(6-3-8)7-4-9;;/h8H,2-7,9H2,1H3;2*1H. The maximum Gasteiger partial charge on any atom is 0.0105 e. The van der Waals surface area contributed by atoms with Gasteiger partial charge in [0.25, 0.3) is 0 Å². The average molecular weight is 215 g/mol. The van der Waals surface area contributed by atoms with Crippen molar-refractivity contribution in [2.24, 2.45) is 11.7 Å². The second-order valence-corrected chi connectivity index (χ2v) is 3.31. The lowest BCUT2D eigenvalue weighted by molar-refractivity contribution is 0.197. The monoisotopic (exact) mass is 214 g/mol. The molecule has 2 N–H and O–H groups in total. The predicted molar refractivity (Wildman–Crippen MR) is 58.4 cm³/mol. The van der Waals surface area contributed by atoms with Crippen molar-refractivity contribution in [3.8, 4) is 0 Å². The summed E-state index contributed by atoms with van der Waals surface area (Å²) in [4.78, 5) is 2.46. The highest BCUT2D eigenvalue weighted by molar-refractivity contribution is 5.85. The molecule has 76 valence electrons. The first-order chi connectivity index (χ1) is 4.83. The lowest BCUT2D eigenvalue weighted by atomic mass is 9.99. The summed E-state index contributed by atoms with van der Waals surface area (Å²) in [6, 6.07) is 0. The Bertz CT molecular complexity index is 93.1. The SMILES string of the molecule is CC1CCN(CCN)CC1.Cl.Cl. The molecule has 0 aromatic carbocycles. The number of hydrogen-bond donors (Lipinski definition) is 1. The normalized spacial score (nSPS) is 19.5. The maximum atomic E-state index is 5.45. The molecule has 0 amide bonds. The third kappa shape index (κ3) is 5.20. The number of halogens is 2. The van der Waals surface area contributed by atoms with Crippen molar-refractivity contribution in [1.82, 2.24) is 4.90 Å². The van der Waals surface area contributed by atoms with Gasteiger partial charge in [0.05, 0.1) is 0 Å². The molecule has 1 fully saturated rings. The Morgan fingerprint density at radius 1 is 1.25 bits per heavy atom. The Kier molecular flexibility index (Phi) is 10.1. The highest BCUT2D eigenvalue weighted by Crippen LogP contribution is 2.14. The molecular weight excluding hydrogens is 195 g/mol. The second-order valence-electron chi connectivity index (χ2n) is 3.31. The van der Waals surface area contributed by atoms with Gasteiger partial charge in [-0.1, -0.05) is 6.92 Å². The average Bonchev–Trinajstić information content (AvgIpc) is 1.95. The Labute approximate surface area is 87.7 Å². The predicted octanol–water partition coefficient (Wildman–Crippen LogP) is 1.52. The molecule has 0 bridgehead atoms. The van der Waals surface area contributed by atoms with E-state index in [1.807, 2.05) is 0 Å².